The van der Waals surface area contributed by atoms with Gasteiger partial charge in [0.05, 0.1) is 11.2 Å². The molecular formula is C21H23N3O. The van der Waals surface area contributed by atoms with Crippen LogP contribution in [0.1, 0.15) is 41.9 Å². The van der Waals surface area contributed by atoms with E-state index in [1.807, 2.05) is 60.7 Å². The van der Waals surface area contributed by atoms with Crippen LogP contribution >= 0.6 is 0 Å². The summed E-state index contributed by atoms with van der Waals surface area (Å²) >= 11 is 0. The number of benzene rings is 2. The highest BCUT2D eigenvalue weighted by Gasteiger charge is 2.05. The van der Waals surface area contributed by atoms with Gasteiger partial charge in [-0.05, 0) is 42.2 Å². The van der Waals surface area contributed by atoms with Crippen LogP contribution in [-0.2, 0) is 0 Å². The predicted octanol–water partition coefficient (Wildman–Crippen LogP) is 4.51. The Bertz CT molecular complexity index is 876. The van der Waals surface area contributed by atoms with Crippen molar-refractivity contribution in [3.8, 4) is 0 Å². The average Bonchev–Trinajstić information content (AvgIpc) is 3.03. The quantitative estimate of drug-likeness (QED) is 0.697. The molecule has 0 aliphatic carbocycles. The van der Waals surface area contributed by atoms with Gasteiger partial charge >= 0.3 is 0 Å². The van der Waals surface area contributed by atoms with Gasteiger partial charge in [0.15, 0.2) is 0 Å². The zero-order chi connectivity index (χ0) is 17.6. The second-order valence-electron chi connectivity index (χ2n) is 6.55. The summed E-state index contributed by atoms with van der Waals surface area (Å²) < 4.78 is 0. The average molecular weight is 333 g/mol. The highest BCUT2D eigenvalue weighted by molar-refractivity contribution is 5.94. The number of fused-ring (bicyclic) bond motifs is 1. The Morgan fingerprint density at radius 2 is 1.88 bits per heavy atom. The first kappa shape index (κ1) is 17.0. The second kappa shape index (κ2) is 7.79. The van der Waals surface area contributed by atoms with E-state index >= 15 is 0 Å². The van der Waals surface area contributed by atoms with E-state index in [1.165, 1.54) is 0 Å². The number of rotatable bonds is 6. The number of aromatic nitrogens is 2. The zero-order valence-corrected chi connectivity index (χ0v) is 14.6. The van der Waals surface area contributed by atoms with Crippen molar-refractivity contribution in [1.82, 2.24) is 15.5 Å². The van der Waals surface area contributed by atoms with E-state index in [2.05, 4.69) is 29.4 Å². The van der Waals surface area contributed by atoms with Crippen molar-refractivity contribution in [2.75, 3.05) is 6.54 Å². The minimum Gasteiger partial charge on any atom is -0.352 e. The summed E-state index contributed by atoms with van der Waals surface area (Å²) in [6.45, 7) is 5.01. The van der Waals surface area contributed by atoms with Gasteiger partial charge < -0.3 is 5.32 Å². The number of carbonyl (C=O) groups is 1. The molecular weight excluding hydrogens is 310 g/mol. The third kappa shape index (κ3) is 4.35. The Hall–Kier alpha value is -2.88. The van der Waals surface area contributed by atoms with E-state index in [0.29, 0.717) is 18.0 Å². The lowest BCUT2D eigenvalue weighted by atomic mass is 10.1. The fourth-order valence-corrected chi connectivity index (χ4v) is 2.61. The Labute approximate surface area is 148 Å². The number of amides is 1. The third-order valence-corrected chi connectivity index (χ3v) is 4.11. The van der Waals surface area contributed by atoms with Gasteiger partial charge in [-0.1, -0.05) is 50.3 Å². The molecule has 0 spiro atoms. The number of para-hydroxylation sites is 1. The van der Waals surface area contributed by atoms with E-state index in [4.69, 9.17) is 0 Å². The zero-order valence-electron chi connectivity index (χ0n) is 14.6. The Kier molecular flexibility index (Phi) is 5.29. The number of nitrogens with one attached hydrogen (secondary N) is 2. The topological polar surface area (TPSA) is 57.8 Å². The maximum absolute atomic E-state index is 12.1. The molecule has 3 aromatic rings. The Morgan fingerprint density at radius 3 is 2.64 bits per heavy atom. The first-order valence-corrected chi connectivity index (χ1v) is 8.63. The van der Waals surface area contributed by atoms with E-state index in [0.717, 1.165) is 28.6 Å². The highest BCUT2D eigenvalue weighted by Crippen LogP contribution is 2.17. The molecule has 128 valence electrons. The van der Waals surface area contributed by atoms with Crippen LogP contribution in [0.4, 0.5) is 0 Å². The van der Waals surface area contributed by atoms with Crippen molar-refractivity contribution in [2.45, 2.75) is 20.3 Å². The fourth-order valence-electron chi connectivity index (χ4n) is 2.61. The standard InChI is InChI=1S/C21H23N3O/c1-15(2)13-14-22-21(25)17-10-7-16(8-11-17)9-12-20-18-5-3-4-6-19(18)23-24-20/h3-12,15H,13-14H2,1-2H3,(H,22,25)(H,23,24). The molecule has 0 unspecified atom stereocenters. The second-order valence-corrected chi connectivity index (χ2v) is 6.55. The van der Waals surface area contributed by atoms with Gasteiger partial charge in [0.1, 0.15) is 0 Å². The van der Waals surface area contributed by atoms with Crippen LogP contribution in [0.3, 0.4) is 0 Å². The molecule has 0 saturated carbocycles. The van der Waals surface area contributed by atoms with Gasteiger partial charge in [0.2, 0.25) is 0 Å². The molecule has 2 aromatic carbocycles. The van der Waals surface area contributed by atoms with E-state index in [9.17, 15) is 4.79 Å². The number of hydrogen-bond donors (Lipinski definition) is 2. The predicted molar refractivity (Wildman–Crippen MR) is 103 cm³/mol. The monoisotopic (exact) mass is 333 g/mol. The number of H-pyrrole nitrogens is 1. The van der Waals surface area contributed by atoms with Gasteiger partial charge in [0, 0.05) is 17.5 Å². The molecule has 0 radical (unpaired) electrons. The molecule has 2 N–H and O–H groups in total. The summed E-state index contributed by atoms with van der Waals surface area (Å²) in [5.74, 6) is 0.570. The van der Waals surface area contributed by atoms with E-state index in [1.54, 1.807) is 0 Å². The minimum atomic E-state index is -0.0190. The lowest BCUT2D eigenvalue weighted by Crippen LogP contribution is -2.25. The van der Waals surface area contributed by atoms with Crippen molar-refractivity contribution in [1.29, 1.82) is 0 Å². The van der Waals surface area contributed by atoms with E-state index in [-0.39, 0.29) is 5.91 Å². The molecule has 0 aliphatic rings. The van der Waals surface area contributed by atoms with Crippen LogP contribution in [-0.4, -0.2) is 22.6 Å². The normalized spacial score (nSPS) is 11.5. The van der Waals surface area contributed by atoms with Crippen molar-refractivity contribution in [2.24, 2.45) is 5.92 Å². The van der Waals surface area contributed by atoms with Crippen LogP contribution < -0.4 is 5.32 Å². The minimum absolute atomic E-state index is 0.0190. The van der Waals surface area contributed by atoms with E-state index < -0.39 is 0 Å². The molecule has 0 fully saturated rings. The van der Waals surface area contributed by atoms with Gasteiger partial charge in [-0.2, -0.15) is 5.10 Å². The third-order valence-electron chi connectivity index (χ3n) is 4.11. The maximum atomic E-state index is 12.1. The van der Waals surface area contributed by atoms with Crippen LogP contribution in [0.2, 0.25) is 0 Å². The molecule has 1 amide bonds. The highest BCUT2D eigenvalue weighted by atomic mass is 16.1. The Morgan fingerprint density at radius 1 is 1.12 bits per heavy atom. The van der Waals surface area contributed by atoms with Gasteiger partial charge in [-0.3, -0.25) is 9.89 Å². The lowest BCUT2D eigenvalue weighted by Gasteiger charge is -2.07. The summed E-state index contributed by atoms with van der Waals surface area (Å²) in [4.78, 5) is 12.1. The SMILES string of the molecule is CC(C)CCNC(=O)c1ccc(C=Cc2n[nH]c3ccccc23)cc1. The molecule has 4 heteroatoms. The molecule has 3 rings (SSSR count). The molecule has 0 atom stereocenters. The number of aromatic amines is 1. The lowest BCUT2D eigenvalue weighted by molar-refractivity contribution is 0.0952. The molecule has 25 heavy (non-hydrogen) atoms. The fraction of sp³-hybridized carbons (Fsp3) is 0.238. The Balaban J connectivity index is 1.65. The van der Waals surface area contributed by atoms with Gasteiger partial charge in [-0.15, -0.1) is 0 Å². The first-order valence-electron chi connectivity index (χ1n) is 8.63. The summed E-state index contributed by atoms with van der Waals surface area (Å²) in [7, 11) is 0. The first-order chi connectivity index (χ1) is 12.1. The molecule has 4 nitrogen and oxygen atoms in total. The van der Waals surface area contributed by atoms with Gasteiger partial charge in [-0.25, -0.2) is 0 Å². The number of nitrogens with zero attached hydrogens (tertiary/aromatic N) is 1. The summed E-state index contributed by atoms with van der Waals surface area (Å²) in [6.07, 6.45) is 4.98. The van der Waals surface area contributed by atoms with Crippen LogP contribution in [0, 0.1) is 5.92 Å². The van der Waals surface area contributed by atoms with Crippen molar-refractivity contribution >= 4 is 29.0 Å². The summed E-state index contributed by atoms with van der Waals surface area (Å²) in [5.41, 5.74) is 3.65. The molecule has 0 saturated heterocycles. The molecule has 0 aliphatic heterocycles. The van der Waals surface area contributed by atoms with Crippen LogP contribution in [0.15, 0.2) is 48.5 Å². The molecule has 0 bridgehead atoms. The maximum Gasteiger partial charge on any atom is 0.251 e. The largest absolute Gasteiger partial charge is 0.352 e. The summed E-state index contributed by atoms with van der Waals surface area (Å²) in [6, 6.07) is 15.6. The number of carbonyl (C=O) groups excluding carboxylic acids is 1. The molecule has 1 heterocycles. The van der Waals surface area contributed by atoms with Crippen molar-refractivity contribution in [3.05, 3.63) is 65.4 Å². The van der Waals surface area contributed by atoms with Crippen LogP contribution in [0.25, 0.3) is 23.1 Å². The van der Waals surface area contributed by atoms with Crippen LogP contribution in [0.5, 0.6) is 0 Å². The summed E-state index contributed by atoms with van der Waals surface area (Å²) in [5, 5.41) is 11.4. The number of hydrogen-bond acceptors (Lipinski definition) is 2. The smallest absolute Gasteiger partial charge is 0.251 e. The molecule has 1 aromatic heterocycles. The van der Waals surface area contributed by atoms with Gasteiger partial charge in [0.25, 0.3) is 5.91 Å². The van der Waals surface area contributed by atoms with Crippen molar-refractivity contribution in [3.63, 3.8) is 0 Å². The van der Waals surface area contributed by atoms with Crippen molar-refractivity contribution < 1.29 is 4.79 Å².